The summed E-state index contributed by atoms with van der Waals surface area (Å²) in [6.45, 7) is 0. The molecule has 1 nitrogen and oxygen atoms in total. The summed E-state index contributed by atoms with van der Waals surface area (Å²) in [5.74, 6) is 0. The summed E-state index contributed by atoms with van der Waals surface area (Å²) in [4.78, 5) is 2.35. The monoisotopic (exact) mass is 473 g/mol. The van der Waals surface area contributed by atoms with Gasteiger partial charge in [-0.05, 0) is 75.8 Å². The maximum absolute atomic E-state index is 2.35. The Labute approximate surface area is 218 Å². The van der Waals surface area contributed by atoms with Crippen molar-refractivity contribution in [3.8, 4) is 33.4 Å². The van der Waals surface area contributed by atoms with E-state index in [1.165, 1.54) is 33.4 Å². The van der Waals surface area contributed by atoms with E-state index in [0.717, 1.165) is 17.1 Å². The molecule has 0 amide bonds. The van der Waals surface area contributed by atoms with E-state index >= 15 is 0 Å². The van der Waals surface area contributed by atoms with Crippen LogP contribution in [0, 0.1) is 0 Å². The summed E-state index contributed by atoms with van der Waals surface area (Å²) in [6.07, 6.45) is 0. The average Bonchev–Trinajstić information content (AvgIpc) is 2.99. The van der Waals surface area contributed by atoms with Crippen LogP contribution >= 0.6 is 0 Å². The smallest absolute Gasteiger partial charge is 0.0473 e. The quantitative estimate of drug-likeness (QED) is 0.233. The maximum Gasteiger partial charge on any atom is 0.0473 e. The van der Waals surface area contributed by atoms with Crippen LogP contribution in [0.3, 0.4) is 0 Å². The van der Waals surface area contributed by atoms with Gasteiger partial charge in [0, 0.05) is 17.1 Å². The van der Waals surface area contributed by atoms with Crippen LogP contribution in [0.4, 0.5) is 17.1 Å². The van der Waals surface area contributed by atoms with Crippen molar-refractivity contribution < 1.29 is 0 Å². The molecule has 0 aliphatic carbocycles. The van der Waals surface area contributed by atoms with E-state index in [0.29, 0.717) is 0 Å². The van der Waals surface area contributed by atoms with Crippen molar-refractivity contribution in [3.05, 3.63) is 164 Å². The molecule has 0 aliphatic rings. The normalized spacial score (nSPS) is 10.7. The first kappa shape index (κ1) is 22.6. The standard InChI is InChI=1S/C36H27N/c1-5-14-28(15-6-1)31-20-13-23-35(25-31)37(34-21-11-4-12-22-34)36-26-32(29-16-7-2-8-17-29)24-33(27-36)30-18-9-3-10-19-30/h1-27H. The van der Waals surface area contributed by atoms with E-state index < -0.39 is 0 Å². The van der Waals surface area contributed by atoms with E-state index in [4.69, 9.17) is 0 Å². The van der Waals surface area contributed by atoms with Gasteiger partial charge in [-0.25, -0.2) is 0 Å². The van der Waals surface area contributed by atoms with Crippen molar-refractivity contribution in [1.82, 2.24) is 0 Å². The zero-order valence-corrected chi connectivity index (χ0v) is 20.5. The Morgan fingerprint density at radius 3 is 1.14 bits per heavy atom. The average molecular weight is 474 g/mol. The lowest BCUT2D eigenvalue weighted by molar-refractivity contribution is 1.28. The molecule has 0 N–H and O–H groups in total. The van der Waals surface area contributed by atoms with E-state index in [1.807, 2.05) is 0 Å². The van der Waals surface area contributed by atoms with Gasteiger partial charge in [0.15, 0.2) is 0 Å². The molecule has 0 unspecified atom stereocenters. The first-order valence-corrected chi connectivity index (χ1v) is 12.6. The molecular formula is C36H27N. The molecule has 0 fully saturated rings. The van der Waals surface area contributed by atoms with Crippen molar-refractivity contribution in [2.24, 2.45) is 0 Å². The van der Waals surface area contributed by atoms with Crippen molar-refractivity contribution >= 4 is 17.1 Å². The number of benzene rings is 6. The number of hydrogen-bond donors (Lipinski definition) is 0. The Morgan fingerprint density at radius 2 is 0.622 bits per heavy atom. The fraction of sp³-hybridized carbons (Fsp3) is 0. The van der Waals surface area contributed by atoms with Gasteiger partial charge in [-0.15, -0.1) is 0 Å². The fourth-order valence-corrected chi connectivity index (χ4v) is 4.81. The Morgan fingerprint density at radius 1 is 0.243 bits per heavy atom. The van der Waals surface area contributed by atoms with Crippen LogP contribution in [-0.2, 0) is 0 Å². The molecular weight excluding hydrogens is 446 g/mol. The van der Waals surface area contributed by atoms with Crippen molar-refractivity contribution in [2.75, 3.05) is 4.90 Å². The van der Waals surface area contributed by atoms with Crippen LogP contribution in [0.25, 0.3) is 33.4 Å². The van der Waals surface area contributed by atoms with Crippen LogP contribution in [0.15, 0.2) is 164 Å². The zero-order chi connectivity index (χ0) is 24.9. The van der Waals surface area contributed by atoms with Gasteiger partial charge in [-0.2, -0.15) is 0 Å². The van der Waals surface area contributed by atoms with E-state index in [-0.39, 0.29) is 0 Å². The largest absolute Gasteiger partial charge is 0.310 e. The van der Waals surface area contributed by atoms with Gasteiger partial charge < -0.3 is 4.90 Å². The van der Waals surface area contributed by atoms with Crippen LogP contribution in [-0.4, -0.2) is 0 Å². The maximum atomic E-state index is 2.35. The highest BCUT2D eigenvalue weighted by Gasteiger charge is 2.16. The second kappa shape index (κ2) is 10.4. The predicted octanol–water partition coefficient (Wildman–Crippen LogP) is 10.2. The summed E-state index contributed by atoms with van der Waals surface area (Å²) in [7, 11) is 0. The third-order valence-electron chi connectivity index (χ3n) is 6.62. The minimum Gasteiger partial charge on any atom is -0.310 e. The molecule has 0 aliphatic heterocycles. The Hall–Kier alpha value is -4.88. The highest BCUT2D eigenvalue weighted by molar-refractivity contribution is 5.86. The molecule has 6 rings (SSSR count). The van der Waals surface area contributed by atoms with Gasteiger partial charge >= 0.3 is 0 Å². The molecule has 0 saturated heterocycles. The van der Waals surface area contributed by atoms with Crippen LogP contribution < -0.4 is 4.90 Å². The van der Waals surface area contributed by atoms with Crippen LogP contribution in [0.1, 0.15) is 0 Å². The first-order valence-electron chi connectivity index (χ1n) is 12.6. The van der Waals surface area contributed by atoms with E-state index in [9.17, 15) is 0 Å². The van der Waals surface area contributed by atoms with Gasteiger partial charge in [-0.3, -0.25) is 0 Å². The van der Waals surface area contributed by atoms with Crippen molar-refractivity contribution in [1.29, 1.82) is 0 Å². The molecule has 6 aromatic carbocycles. The number of nitrogens with zero attached hydrogens (tertiary/aromatic N) is 1. The lowest BCUT2D eigenvalue weighted by Gasteiger charge is -2.27. The second-order valence-electron chi connectivity index (χ2n) is 9.09. The van der Waals surface area contributed by atoms with Gasteiger partial charge in [0.2, 0.25) is 0 Å². The van der Waals surface area contributed by atoms with E-state index in [2.05, 4.69) is 169 Å². The molecule has 0 radical (unpaired) electrons. The molecule has 0 saturated carbocycles. The fourth-order valence-electron chi connectivity index (χ4n) is 4.81. The summed E-state index contributed by atoms with van der Waals surface area (Å²) in [6, 6.07) is 58.1. The van der Waals surface area contributed by atoms with Crippen molar-refractivity contribution in [3.63, 3.8) is 0 Å². The minimum absolute atomic E-state index is 1.12. The second-order valence-corrected chi connectivity index (χ2v) is 9.09. The van der Waals surface area contributed by atoms with Gasteiger partial charge in [0.25, 0.3) is 0 Å². The summed E-state index contributed by atoms with van der Waals surface area (Å²) < 4.78 is 0. The first-order chi connectivity index (χ1) is 18.3. The third kappa shape index (κ3) is 4.94. The molecule has 176 valence electrons. The molecule has 0 spiro atoms. The molecule has 0 bridgehead atoms. The lowest BCUT2D eigenvalue weighted by atomic mass is 9.97. The molecule has 0 atom stereocenters. The zero-order valence-electron chi connectivity index (χ0n) is 20.5. The molecule has 0 aromatic heterocycles. The van der Waals surface area contributed by atoms with Gasteiger partial charge in [-0.1, -0.05) is 121 Å². The SMILES string of the molecule is c1ccc(-c2cccc(N(c3ccccc3)c3cc(-c4ccccc4)cc(-c4ccccc4)c3)c2)cc1. The highest BCUT2D eigenvalue weighted by Crippen LogP contribution is 2.40. The lowest BCUT2D eigenvalue weighted by Crippen LogP contribution is -2.10. The molecule has 6 aromatic rings. The van der Waals surface area contributed by atoms with E-state index in [1.54, 1.807) is 0 Å². The predicted molar refractivity (Wildman–Crippen MR) is 157 cm³/mol. The van der Waals surface area contributed by atoms with Crippen LogP contribution in [0.5, 0.6) is 0 Å². The number of hydrogen-bond acceptors (Lipinski definition) is 1. The molecule has 37 heavy (non-hydrogen) atoms. The number of anilines is 3. The number of para-hydroxylation sites is 1. The van der Waals surface area contributed by atoms with Gasteiger partial charge in [0.05, 0.1) is 0 Å². The third-order valence-corrected chi connectivity index (χ3v) is 6.62. The van der Waals surface area contributed by atoms with Crippen LogP contribution in [0.2, 0.25) is 0 Å². The summed E-state index contributed by atoms with van der Waals surface area (Å²) >= 11 is 0. The Balaban J connectivity index is 1.56. The Kier molecular flexibility index (Phi) is 6.34. The summed E-state index contributed by atoms with van der Waals surface area (Å²) in [5, 5.41) is 0. The topological polar surface area (TPSA) is 3.24 Å². The Bertz CT molecular complexity index is 1530. The summed E-state index contributed by atoms with van der Waals surface area (Å²) in [5.41, 5.74) is 10.6. The molecule has 1 heteroatoms. The minimum atomic E-state index is 1.12. The van der Waals surface area contributed by atoms with Gasteiger partial charge in [0.1, 0.15) is 0 Å². The number of rotatable bonds is 6. The highest BCUT2D eigenvalue weighted by atomic mass is 15.1. The van der Waals surface area contributed by atoms with Crippen molar-refractivity contribution in [2.45, 2.75) is 0 Å². The molecule has 0 heterocycles.